The average molecular weight is 249 g/mol. The van der Waals surface area contributed by atoms with Crippen LogP contribution in [-0.2, 0) is 0 Å². The van der Waals surface area contributed by atoms with Gasteiger partial charge < -0.3 is 5.11 Å². The van der Waals surface area contributed by atoms with E-state index < -0.39 is 6.10 Å². The first-order chi connectivity index (χ1) is 4.70. The van der Waals surface area contributed by atoms with E-state index >= 15 is 0 Å². The minimum atomic E-state index is -0.413. The predicted octanol–water partition coefficient (Wildman–Crippen LogP) is 1.74. The molecule has 1 heterocycles. The quantitative estimate of drug-likeness (QED) is 0.607. The van der Waals surface area contributed by atoms with E-state index in [1.54, 1.807) is 13.1 Å². The molecular formula is C7H8INO. The minimum absolute atomic E-state index is 0.413. The highest BCUT2D eigenvalue weighted by Gasteiger charge is 1.98. The summed E-state index contributed by atoms with van der Waals surface area (Å²) in [5.41, 5.74) is 0.861. The van der Waals surface area contributed by atoms with Crippen molar-refractivity contribution < 1.29 is 5.11 Å². The molecular weight excluding hydrogens is 241 g/mol. The molecule has 0 amide bonds. The Bertz CT molecular complexity index is 207. The molecule has 0 bridgehead atoms. The van der Waals surface area contributed by atoms with Crippen LogP contribution in [-0.4, -0.2) is 10.1 Å². The lowest BCUT2D eigenvalue weighted by Gasteiger charge is -2.01. The van der Waals surface area contributed by atoms with Gasteiger partial charge in [-0.1, -0.05) is 6.07 Å². The van der Waals surface area contributed by atoms with Crippen molar-refractivity contribution in [2.75, 3.05) is 0 Å². The van der Waals surface area contributed by atoms with Crippen molar-refractivity contribution in [2.45, 2.75) is 13.0 Å². The summed E-state index contributed by atoms with van der Waals surface area (Å²) in [4.78, 5) is 4.03. The number of hydrogen-bond acceptors (Lipinski definition) is 2. The van der Waals surface area contributed by atoms with E-state index in [1.165, 1.54) is 0 Å². The van der Waals surface area contributed by atoms with Gasteiger partial charge in [0, 0.05) is 6.20 Å². The molecule has 54 valence electrons. The van der Waals surface area contributed by atoms with Crippen molar-refractivity contribution in [3.8, 4) is 0 Å². The lowest BCUT2D eigenvalue weighted by Crippen LogP contribution is -1.91. The standard InChI is InChI=1S/C7H8INO/c1-5(10)6-2-3-7(8)9-4-6/h2-5,10H,1H3. The van der Waals surface area contributed by atoms with Crippen LogP contribution in [0.1, 0.15) is 18.6 Å². The first kappa shape index (κ1) is 7.94. The highest BCUT2D eigenvalue weighted by atomic mass is 127. The van der Waals surface area contributed by atoms with Gasteiger partial charge in [-0.05, 0) is 41.1 Å². The van der Waals surface area contributed by atoms with Crippen molar-refractivity contribution in [1.82, 2.24) is 4.98 Å². The van der Waals surface area contributed by atoms with Crippen LogP contribution in [0.3, 0.4) is 0 Å². The second-order valence-corrected chi connectivity index (χ2v) is 3.20. The van der Waals surface area contributed by atoms with E-state index in [0.29, 0.717) is 0 Å². The highest BCUT2D eigenvalue weighted by molar-refractivity contribution is 14.1. The zero-order valence-corrected chi connectivity index (χ0v) is 7.74. The molecule has 0 aliphatic heterocycles. The lowest BCUT2D eigenvalue weighted by atomic mass is 10.2. The molecule has 0 radical (unpaired) electrons. The van der Waals surface area contributed by atoms with Gasteiger partial charge in [-0.15, -0.1) is 0 Å². The zero-order valence-electron chi connectivity index (χ0n) is 5.58. The summed E-state index contributed by atoms with van der Waals surface area (Å²) in [6.07, 6.45) is 1.27. The van der Waals surface area contributed by atoms with Crippen molar-refractivity contribution in [1.29, 1.82) is 0 Å². The fraction of sp³-hybridized carbons (Fsp3) is 0.286. The van der Waals surface area contributed by atoms with Crippen LogP contribution >= 0.6 is 22.6 Å². The molecule has 0 aliphatic carbocycles. The number of aliphatic hydroxyl groups excluding tert-OH is 1. The number of rotatable bonds is 1. The summed E-state index contributed by atoms with van der Waals surface area (Å²) in [6, 6.07) is 3.75. The van der Waals surface area contributed by atoms with Crippen molar-refractivity contribution in [3.05, 3.63) is 27.6 Å². The Labute approximate surface area is 73.4 Å². The summed E-state index contributed by atoms with van der Waals surface area (Å²) in [7, 11) is 0. The number of aromatic nitrogens is 1. The number of nitrogens with zero attached hydrogens (tertiary/aromatic N) is 1. The third-order valence-corrected chi connectivity index (χ3v) is 1.87. The number of hydrogen-bond donors (Lipinski definition) is 1. The summed E-state index contributed by atoms with van der Waals surface area (Å²) >= 11 is 2.13. The van der Waals surface area contributed by atoms with Crippen molar-refractivity contribution in [2.24, 2.45) is 0 Å². The van der Waals surface area contributed by atoms with Crippen LogP contribution in [0.15, 0.2) is 18.3 Å². The molecule has 2 nitrogen and oxygen atoms in total. The Kier molecular flexibility index (Phi) is 2.62. The van der Waals surface area contributed by atoms with Crippen molar-refractivity contribution in [3.63, 3.8) is 0 Å². The van der Waals surface area contributed by atoms with E-state index in [0.717, 1.165) is 9.26 Å². The molecule has 0 aromatic carbocycles. The molecule has 3 heteroatoms. The number of pyridine rings is 1. The van der Waals surface area contributed by atoms with Crippen LogP contribution in [0, 0.1) is 3.70 Å². The Morgan fingerprint density at radius 1 is 1.60 bits per heavy atom. The fourth-order valence-corrected chi connectivity index (χ4v) is 0.953. The third-order valence-electron chi connectivity index (χ3n) is 1.23. The van der Waals surface area contributed by atoms with Gasteiger partial charge >= 0.3 is 0 Å². The van der Waals surface area contributed by atoms with Gasteiger partial charge in [0.25, 0.3) is 0 Å². The largest absolute Gasteiger partial charge is 0.389 e. The van der Waals surface area contributed by atoms with Crippen LogP contribution < -0.4 is 0 Å². The number of aliphatic hydroxyl groups is 1. The molecule has 1 aromatic rings. The summed E-state index contributed by atoms with van der Waals surface area (Å²) in [6.45, 7) is 1.73. The van der Waals surface area contributed by atoms with Gasteiger partial charge in [-0.2, -0.15) is 0 Å². The van der Waals surface area contributed by atoms with E-state index in [-0.39, 0.29) is 0 Å². The van der Waals surface area contributed by atoms with Gasteiger partial charge in [0.2, 0.25) is 0 Å². The van der Waals surface area contributed by atoms with Crippen LogP contribution in [0.2, 0.25) is 0 Å². The fourth-order valence-electron chi connectivity index (χ4n) is 0.634. The molecule has 1 rings (SSSR count). The number of halogens is 1. The first-order valence-electron chi connectivity index (χ1n) is 2.99. The topological polar surface area (TPSA) is 33.1 Å². The molecule has 10 heavy (non-hydrogen) atoms. The summed E-state index contributed by atoms with van der Waals surface area (Å²) < 4.78 is 0.946. The smallest absolute Gasteiger partial charge is 0.101 e. The minimum Gasteiger partial charge on any atom is -0.389 e. The summed E-state index contributed by atoms with van der Waals surface area (Å²) in [5, 5.41) is 9.07. The Balaban J connectivity index is 2.89. The second-order valence-electron chi connectivity index (χ2n) is 2.09. The Morgan fingerprint density at radius 3 is 2.70 bits per heavy atom. The molecule has 1 atom stereocenters. The molecule has 1 N–H and O–H groups in total. The Morgan fingerprint density at radius 2 is 2.30 bits per heavy atom. The molecule has 0 spiro atoms. The maximum Gasteiger partial charge on any atom is 0.101 e. The molecule has 1 unspecified atom stereocenters. The third kappa shape index (κ3) is 1.91. The highest BCUT2D eigenvalue weighted by Crippen LogP contribution is 2.10. The van der Waals surface area contributed by atoms with Gasteiger partial charge in [0.05, 0.1) is 6.10 Å². The Hall–Kier alpha value is -0.160. The van der Waals surface area contributed by atoms with Crippen molar-refractivity contribution >= 4 is 22.6 Å². The molecule has 1 aromatic heterocycles. The van der Waals surface area contributed by atoms with Crippen LogP contribution in [0.4, 0.5) is 0 Å². The monoisotopic (exact) mass is 249 g/mol. The van der Waals surface area contributed by atoms with Gasteiger partial charge in [0.15, 0.2) is 0 Å². The molecule has 0 fully saturated rings. The SMILES string of the molecule is CC(O)c1ccc(I)nc1. The lowest BCUT2D eigenvalue weighted by molar-refractivity contribution is 0.199. The van der Waals surface area contributed by atoms with E-state index in [2.05, 4.69) is 27.6 Å². The predicted molar refractivity (Wildman–Crippen MR) is 47.6 cm³/mol. The average Bonchev–Trinajstić information content (AvgIpc) is 1.88. The van der Waals surface area contributed by atoms with Crippen LogP contribution in [0.5, 0.6) is 0 Å². The summed E-state index contributed by atoms with van der Waals surface area (Å²) in [5.74, 6) is 0. The van der Waals surface area contributed by atoms with Crippen LogP contribution in [0.25, 0.3) is 0 Å². The molecule has 0 aliphatic rings. The van der Waals surface area contributed by atoms with E-state index in [4.69, 9.17) is 5.11 Å². The van der Waals surface area contributed by atoms with E-state index in [9.17, 15) is 0 Å². The van der Waals surface area contributed by atoms with Gasteiger partial charge in [-0.25, -0.2) is 4.98 Å². The second kappa shape index (κ2) is 3.30. The zero-order chi connectivity index (χ0) is 7.56. The molecule has 0 saturated carbocycles. The van der Waals surface area contributed by atoms with Gasteiger partial charge in [0.1, 0.15) is 3.70 Å². The normalized spacial score (nSPS) is 13.1. The van der Waals surface area contributed by atoms with E-state index in [1.807, 2.05) is 12.1 Å². The molecule has 0 saturated heterocycles. The first-order valence-corrected chi connectivity index (χ1v) is 4.07. The maximum absolute atomic E-state index is 9.07. The van der Waals surface area contributed by atoms with Gasteiger partial charge in [-0.3, -0.25) is 0 Å². The maximum atomic E-state index is 9.07.